The van der Waals surface area contributed by atoms with E-state index in [1.165, 1.54) is 0 Å². The lowest BCUT2D eigenvalue weighted by Crippen LogP contribution is -1.98. The first-order valence-electron chi connectivity index (χ1n) is 6.63. The van der Waals surface area contributed by atoms with Crippen molar-refractivity contribution in [2.24, 2.45) is 7.05 Å². The minimum Gasteiger partial charge on any atom is -0.496 e. The Labute approximate surface area is 127 Å². The summed E-state index contributed by atoms with van der Waals surface area (Å²) in [6, 6.07) is 10.2. The molecule has 0 unspecified atom stereocenters. The van der Waals surface area contributed by atoms with Gasteiger partial charge in [0.15, 0.2) is 0 Å². The van der Waals surface area contributed by atoms with E-state index in [1.807, 2.05) is 30.6 Å². The second-order valence-corrected chi connectivity index (χ2v) is 5.86. The zero-order valence-corrected chi connectivity index (χ0v) is 13.1. The van der Waals surface area contributed by atoms with Crippen LogP contribution in [0, 0.1) is 6.92 Å². The van der Waals surface area contributed by atoms with Crippen molar-refractivity contribution in [2.75, 3.05) is 12.8 Å². The van der Waals surface area contributed by atoms with E-state index >= 15 is 0 Å². The monoisotopic (exact) mass is 299 g/mol. The average molecular weight is 299 g/mol. The van der Waals surface area contributed by atoms with Crippen LogP contribution in [0.25, 0.3) is 21.7 Å². The fourth-order valence-electron chi connectivity index (χ4n) is 2.41. The minimum absolute atomic E-state index is 0.641. The predicted molar refractivity (Wildman–Crippen MR) is 87.7 cm³/mol. The van der Waals surface area contributed by atoms with Crippen molar-refractivity contribution in [3.8, 4) is 27.4 Å². The third-order valence-corrected chi connectivity index (χ3v) is 4.35. The van der Waals surface area contributed by atoms with Crippen LogP contribution in [0.15, 0.2) is 35.7 Å². The van der Waals surface area contributed by atoms with Gasteiger partial charge in [0, 0.05) is 12.6 Å². The van der Waals surface area contributed by atoms with Crippen LogP contribution in [0.3, 0.4) is 0 Å². The highest BCUT2D eigenvalue weighted by Crippen LogP contribution is 2.42. The molecule has 0 saturated heterocycles. The molecule has 3 aromatic rings. The first kappa shape index (κ1) is 13.7. The van der Waals surface area contributed by atoms with E-state index in [1.54, 1.807) is 23.1 Å². The van der Waals surface area contributed by atoms with Gasteiger partial charge in [0.1, 0.15) is 17.3 Å². The van der Waals surface area contributed by atoms with Crippen LogP contribution in [0.2, 0.25) is 0 Å². The van der Waals surface area contributed by atoms with Gasteiger partial charge < -0.3 is 10.5 Å². The molecule has 0 saturated carbocycles. The van der Waals surface area contributed by atoms with Gasteiger partial charge in [0.2, 0.25) is 0 Å². The quantitative estimate of drug-likeness (QED) is 0.802. The number of hydrogen-bond donors (Lipinski definition) is 1. The first-order valence-corrected chi connectivity index (χ1v) is 7.51. The number of nitrogen functional groups attached to an aromatic ring is 1. The average Bonchev–Trinajstić information content (AvgIpc) is 3.08. The molecule has 1 aromatic carbocycles. The maximum Gasteiger partial charge on any atom is 0.130 e. The SMILES string of the molecule is COc1ccc(C)cc1-c1c(-c2cccs2)nn(C)c1N. The fraction of sp³-hybridized carbons (Fsp3) is 0.188. The topological polar surface area (TPSA) is 53.1 Å². The molecule has 0 radical (unpaired) electrons. The number of rotatable bonds is 3. The Bertz CT molecular complexity index is 775. The van der Waals surface area contributed by atoms with Crippen LogP contribution < -0.4 is 10.5 Å². The molecule has 0 aliphatic heterocycles. The number of nitrogens with two attached hydrogens (primary N) is 1. The van der Waals surface area contributed by atoms with Gasteiger partial charge in [0.25, 0.3) is 0 Å². The summed E-state index contributed by atoms with van der Waals surface area (Å²) in [6.07, 6.45) is 0. The summed E-state index contributed by atoms with van der Waals surface area (Å²) in [4.78, 5) is 1.10. The van der Waals surface area contributed by atoms with Crippen LogP contribution in [-0.4, -0.2) is 16.9 Å². The van der Waals surface area contributed by atoms with Crippen LogP contribution in [0.1, 0.15) is 5.56 Å². The molecule has 0 atom stereocenters. The molecule has 0 aliphatic rings. The van der Waals surface area contributed by atoms with Gasteiger partial charge in [-0.3, -0.25) is 4.68 Å². The summed E-state index contributed by atoms with van der Waals surface area (Å²) in [5.74, 6) is 1.44. The molecule has 2 heterocycles. The van der Waals surface area contributed by atoms with E-state index in [0.717, 1.165) is 33.0 Å². The highest BCUT2D eigenvalue weighted by atomic mass is 32.1. The van der Waals surface area contributed by atoms with Crippen molar-refractivity contribution in [3.05, 3.63) is 41.3 Å². The van der Waals surface area contributed by atoms with E-state index in [2.05, 4.69) is 24.2 Å². The molecule has 5 heteroatoms. The Morgan fingerprint density at radius 3 is 2.76 bits per heavy atom. The van der Waals surface area contributed by atoms with Crippen molar-refractivity contribution in [2.45, 2.75) is 6.92 Å². The second kappa shape index (κ2) is 5.26. The molecule has 0 spiro atoms. The predicted octanol–water partition coefficient (Wildman–Crippen LogP) is 3.71. The lowest BCUT2D eigenvalue weighted by atomic mass is 10.0. The number of ether oxygens (including phenoxy) is 1. The Morgan fingerprint density at radius 2 is 2.10 bits per heavy atom. The summed E-state index contributed by atoms with van der Waals surface area (Å²) in [5, 5.41) is 6.62. The molecular weight excluding hydrogens is 282 g/mol. The second-order valence-electron chi connectivity index (χ2n) is 4.91. The molecule has 3 rings (SSSR count). The van der Waals surface area contributed by atoms with E-state index < -0.39 is 0 Å². The Hall–Kier alpha value is -2.27. The molecule has 4 nitrogen and oxygen atoms in total. The maximum atomic E-state index is 6.26. The Balaban J connectivity index is 2.30. The van der Waals surface area contributed by atoms with Gasteiger partial charge in [-0.05, 0) is 30.5 Å². The first-order chi connectivity index (χ1) is 10.1. The van der Waals surface area contributed by atoms with Gasteiger partial charge in [-0.25, -0.2) is 0 Å². The fourth-order valence-corrected chi connectivity index (χ4v) is 3.12. The van der Waals surface area contributed by atoms with Gasteiger partial charge in [0.05, 0.1) is 17.6 Å². The van der Waals surface area contributed by atoms with Crippen LogP contribution in [0.5, 0.6) is 5.75 Å². The van der Waals surface area contributed by atoms with Crippen LogP contribution in [-0.2, 0) is 7.05 Å². The molecule has 0 bridgehead atoms. The Morgan fingerprint density at radius 1 is 1.29 bits per heavy atom. The highest BCUT2D eigenvalue weighted by Gasteiger charge is 2.21. The van der Waals surface area contributed by atoms with Gasteiger partial charge in [-0.15, -0.1) is 11.3 Å². The summed E-state index contributed by atoms with van der Waals surface area (Å²) >= 11 is 1.65. The van der Waals surface area contributed by atoms with E-state index in [9.17, 15) is 0 Å². The third-order valence-electron chi connectivity index (χ3n) is 3.47. The van der Waals surface area contributed by atoms with Gasteiger partial charge >= 0.3 is 0 Å². The number of aromatic nitrogens is 2. The van der Waals surface area contributed by atoms with E-state index in [0.29, 0.717) is 5.82 Å². The third kappa shape index (κ3) is 2.29. The minimum atomic E-state index is 0.641. The summed E-state index contributed by atoms with van der Waals surface area (Å²) in [5.41, 5.74) is 10.2. The Kier molecular flexibility index (Phi) is 3.43. The van der Waals surface area contributed by atoms with Crippen molar-refractivity contribution in [1.29, 1.82) is 0 Å². The molecule has 0 aliphatic carbocycles. The van der Waals surface area contributed by atoms with Crippen molar-refractivity contribution in [3.63, 3.8) is 0 Å². The van der Waals surface area contributed by atoms with E-state index in [-0.39, 0.29) is 0 Å². The van der Waals surface area contributed by atoms with Gasteiger partial charge in [-0.2, -0.15) is 5.10 Å². The van der Waals surface area contributed by atoms with Crippen LogP contribution in [0.4, 0.5) is 5.82 Å². The highest BCUT2D eigenvalue weighted by molar-refractivity contribution is 7.13. The molecular formula is C16H17N3OS. The number of benzene rings is 1. The summed E-state index contributed by atoms with van der Waals surface area (Å²) in [6.45, 7) is 2.06. The smallest absolute Gasteiger partial charge is 0.130 e. The van der Waals surface area contributed by atoms with Crippen LogP contribution >= 0.6 is 11.3 Å². The number of methoxy groups -OCH3 is 1. The zero-order chi connectivity index (χ0) is 15.0. The molecule has 2 N–H and O–H groups in total. The van der Waals surface area contributed by atoms with Crippen molar-refractivity contribution >= 4 is 17.2 Å². The normalized spacial score (nSPS) is 10.8. The molecule has 2 aromatic heterocycles. The maximum absolute atomic E-state index is 6.26. The van der Waals surface area contributed by atoms with Gasteiger partial charge in [-0.1, -0.05) is 17.7 Å². The number of anilines is 1. The standard InChI is InChI=1S/C16H17N3OS/c1-10-6-7-12(20-3)11(9-10)14-15(13-5-4-8-21-13)18-19(2)16(14)17/h4-9H,17H2,1-3H3. The lowest BCUT2D eigenvalue weighted by molar-refractivity contribution is 0.416. The zero-order valence-electron chi connectivity index (χ0n) is 12.3. The number of thiophene rings is 1. The number of aryl methyl sites for hydroxylation is 2. The van der Waals surface area contributed by atoms with Crippen molar-refractivity contribution < 1.29 is 4.74 Å². The van der Waals surface area contributed by atoms with E-state index in [4.69, 9.17) is 10.5 Å². The molecule has 21 heavy (non-hydrogen) atoms. The molecule has 0 amide bonds. The number of nitrogens with zero attached hydrogens (tertiary/aromatic N) is 2. The van der Waals surface area contributed by atoms with Crippen molar-refractivity contribution in [1.82, 2.24) is 9.78 Å². The lowest BCUT2D eigenvalue weighted by Gasteiger charge is -2.10. The molecule has 108 valence electrons. The largest absolute Gasteiger partial charge is 0.496 e. The summed E-state index contributed by atoms with van der Waals surface area (Å²) < 4.78 is 7.22. The number of hydrogen-bond acceptors (Lipinski definition) is 4. The molecule has 0 fully saturated rings. The summed E-state index contributed by atoms with van der Waals surface area (Å²) in [7, 11) is 3.53.